The molecule has 1 aliphatic carbocycles. The zero-order chi connectivity index (χ0) is 10.7. The molecule has 1 saturated heterocycles. The molecule has 2 fully saturated rings. The number of nitrogens with one attached hydrogen (secondary N) is 1. The molecule has 0 bridgehead atoms. The fourth-order valence-electron chi connectivity index (χ4n) is 3.25. The van der Waals surface area contributed by atoms with Gasteiger partial charge < -0.3 is 5.32 Å². The first-order valence-electron chi connectivity index (χ1n) is 6.40. The zero-order valence-corrected chi connectivity index (χ0v) is 10.2. The maximum atomic E-state index is 3.44. The molecule has 0 spiro atoms. The van der Waals surface area contributed by atoms with Crippen molar-refractivity contribution >= 4 is 0 Å². The highest BCUT2D eigenvalue weighted by atomic mass is 15.4. The Hall–Kier alpha value is -0.120. The molecule has 0 radical (unpaired) electrons. The lowest BCUT2D eigenvalue weighted by atomic mass is 10.0. The number of rotatable bonds is 3. The van der Waals surface area contributed by atoms with Crippen LogP contribution in [0.5, 0.6) is 0 Å². The van der Waals surface area contributed by atoms with Crippen molar-refractivity contribution in [3.8, 4) is 0 Å². The molecule has 1 N–H and O–H groups in total. The molecule has 1 aliphatic heterocycles. The van der Waals surface area contributed by atoms with E-state index in [0.29, 0.717) is 6.17 Å². The van der Waals surface area contributed by atoms with Crippen LogP contribution in [0.2, 0.25) is 0 Å². The van der Waals surface area contributed by atoms with Crippen LogP contribution in [-0.4, -0.2) is 56.2 Å². The standard InChI is InChI=1S/C12H25N3/c1-14(2)12(11-5-3-4-6-11)15-9-7-13-8-10-15/h11-13H,3-10H2,1-2H3. The van der Waals surface area contributed by atoms with E-state index in [1.807, 2.05) is 0 Å². The molecule has 1 heterocycles. The first-order chi connectivity index (χ1) is 7.29. The third-order valence-electron chi connectivity index (χ3n) is 3.88. The average Bonchev–Trinajstić information content (AvgIpc) is 2.72. The maximum absolute atomic E-state index is 3.44. The van der Waals surface area contributed by atoms with Crippen LogP contribution in [0.15, 0.2) is 0 Å². The predicted molar refractivity (Wildman–Crippen MR) is 63.9 cm³/mol. The van der Waals surface area contributed by atoms with E-state index in [-0.39, 0.29) is 0 Å². The minimum atomic E-state index is 0.689. The summed E-state index contributed by atoms with van der Waals surface area (Å²) in [5.74, 6) is 0.915. The van der Waals surface area contributed by atoms with E-state index < -0.39 is 0 Å². The lowest BCUT2D eigenvalue weighted by molar-refractivity contribution is 0.0246. The second-order valence-electron chi connectivity index (χ2n) is 5.21. The maximum Gasteiger partial charge on any atom is 0.0647 e. The normalized spacial score (nSPS) is 27.4. The average molecular weight is 211 g/mol. The summed E-state index contributed by atoms with van der Waals surface area (Å²) in [6.07, 6.45) is 6.46. The molecule has 0 aromatic carbocycles. The van der Waals surface area contributed by atoms with Gasteiger partial charge in [-0.05, 0) is 32.9 Å². The summed E-state index contributed by atoms with van der Waals surface area (Å²) >= 11 is 0. The number of nitrogens with zero attached hydrogens (tertiary/aromatic N) is 2. The summed E-state index contributed by atoms with van der Waals surface area (Å²) in [7, 11) is 4.48. The zero-order valence-electron chi connectivity index (χ0n) is 10.2. The van der Waals surface area contributed by atoms with Gasteiger partial charge in [0.25, 0.3) is 0 Å². The fraction of sp³-hybridized carbons (Fsp3) is 1.00. The molecule has 0 aromatic heterocycles. The topological polar surface area (TPSA) is 18.5 Å². The highest BCUT2D eigenvalue weighted by Gasteiger charge is 2.31. The molecule has 1 saturated carbocycles. The van der Waals surface area contributed by atoms with Gasteiger partial charge in [-0.2, -0.15) is 0 Å². The number of hydrogen-bond acceptors (Lipinski definition) is 3. The predicted octanol–water partition coefficient (Wildman–Crippen LogP) is 0.970. The van der Waals surface area contributed by atoms with Crippen molar-refractivity contribution in [3.05, 3.63) is 0 Å². The molecule has 1 unspecified atom stereocenters. The van der Waals surface area contributed by atoms with Crippen molar-refractivity contribution < 1.29 is 0 Å². The van der Waals surface area contributed by atoms with Crippen LogP contribution < -0.4 is 5.32 Å². The Kier molecular flexibility index (Phi) is 4.00. The molecule has 3 nitrogen and oxygen atoms in total. The van der Waals surface area contributed by atoms with Crippen LogP contribution in [0.3, 0.4) is 0 Å². The summed E-state index contributed by atoms with van der Waals surface area (Å²) in [5, 5.41) is 3.44. The molecule has 2 rings (SSSR count). The summed E-state index contributed by atoms with van der Waals surface area (Å²) < 4.78 is 0. The van der Waals surface area contributed by atoms with E-state index in [9.17, 15) is 0 Å². The second kappa shape index (κ2) is 5.28. The Bertz CT molecular complexity index is 181. The SMILES string of the molecule is CN(C)C(C1CCCC1)N1CCNCC1. The molecule has 0 aromatic rings. The molecule has 2 aliphatic rings. The van der Waals surface area contributed by atoms with E-state index in [4.69, 9.17) is 0 Å². The summed E-state index contributed by atoms with van der Waals surface area (Å²) in [6, 6.07) is 0. The Balaban J connectivity index is 1.97. The van der Waals surface area contributed by atoms with Gasteiger partial charge in [-0.1, -0.05) is 12.8 Å². The molecule has 88 valence electrons. The van der Waals surface area contributed by atoms with Gasteiger partial charge in [0.05, 0.1) is 6.17 Å². The molecular formula is C12H25N3. The smallest absolute Gasteiger partial charge is 0.0647 e. The molecular weight excluding hydrogens is 186 g/mol. The van der Waals surface area contributed by atoms with Crippen molar-refractivity contribution in [1.82, 2.24) is 15.1 Å². The van der Waals surface area contributed by atoms with E-state index in [2.05, 4.69) is 29.2 Å². The van der Waals surface area contributed by atoms with Crippen molar-refractivity contribution in [2.75, 3.05) is 40.3 Å². The highest BCUT2D eigenvalue weighted by molar-refractivity contribution is 4.83. The van der Waals surface area contributed by atoms with Gasteiger partial charge in [0.2, 0.25) is 0 Å². The number of hydrogen-bond donors (Lipinski definition) is 1. The molecule has 1 atom stereocenters. The van der Waals surface area contributed by atoms with Crippen molar-refractivity contribution in [2.24, 2.45) is 5.92 Å². The Morgan fingerprint density at radius 3 is 2.27 bits per heavy atom. The van der Waals surface area contributed by atoms with Crippen LogP contribution in [-0.2, 0) is 0 Å². The van der Waals surface area contributed by atoms with Crippen molar-refractivity contribution in [1.29, 1.82) is 0 Å². The van der Waals surface area contributed by atoms with Crippen molar-refractivity contribution in [2.45, 2.75) is 31.8 Å². The largest absolute Gasteiger partial charge is 0.314 e. The van der Waals surface area contributed by atoms with Crippen LogP contribution in [0.4, 0.5) is 0 Å². The van der Waals surface area contributed by atoms with Crippen LogP contribution in [0.25, 0.3) is 0 Å². The summed E-state index contributed by atoms with van der Waals surface area (Å²) in [4.78, 5) is 5.10. The molecule has 15 heavy (non-hydrogen) atoms. The van der Waals surface area contributed by atoms with E-state index >= 15 is 0 Å². The summed E-state index contributed by atoms with van der Waals surface area (Å²) in [6.45, 7) is 4.77. The first-order valence-corrected chi connectivity index (χ1v) is 6.40. The monoisotopic (exact) mass is 211 g/mol. The molecule has 0 amide bonds. The van der Waals surface area contributed by atoms with E-state index in [1.54, 1.807) is 0 Å². The van der Waals surface area contributed by atoms with Gasteiger partial charge in [-0.25, -0.2) is 0 Å². The highest BCUT2D eigenvalue weighted by Crippen LogP contribution is 2.31. The lowest BCUT2D eigenvalue weighted by Crippen LogP contribution is -2.55. The van der Waals surface area contributed by atoms with Gasteiger partial charge in [-0.15, -0.1) is 0 Å². The minimum absolute atomic E-state index is 0.689. The third kappa shape index (κ3) is 2.71. The lowest BCUT2D eigenvalue weighted by Gasteiger charge is -2.42. The van der Waals surface area contributed by atoms with Crippen LogP contribution in [0, 0.1) is 5.92 Å². The third-order valence-corrected chi connectivity index (χ3v) is 3.88. The minimum Gasteiger partial charge on any atom is -0.314 e. The quantitative estimate of drug-likeness (QED) is 0.750. The Morgan fingerprint density at radius 2 is 1.73 bits per heavy atom. The Labute approximate surface area is 93.8 Å². The van der Waals surface area contributed by atoms with Crippen LogP contribution in [0.1, 0.15) is 25.7 Å². The van der Waals surface area contributed by atoms with Gasteiger partial charge >= 0.3 is 0 Å². The number of piperazine rings is 1. The Morgan fingerprint density at radius 1 is 1.13 bits per heavy atom. The van der Waals surface area contributed by atoms with Gasteiger partial charge in [0, 0.05) is 26.2 Å². The van der Waals surface area contributed by atoms with Gasteiger partial charge in [0.1, 0.15) is 0 Å². The van der Waals surface area contributed by atoms with Crippen molar-refractivity contribution in [3.63, 3.8) is 0 Å². The fourth-order valence-corrected chi connectivity index (χ4v) is 3.25. The first kappa shape index (κ1) is 11.4. The van der Waals surface area contributed by atoms with Gasteiger partial charge in [0.15, 0.2) is 0 Å². The summed E-state index contributed by atoms with van der Waals surface area (Å²) in [5.41, 5.74) is 0. The van der Waals surface area contributed by atoms with E-state index in [1.165, 1.54) is 38.8 Å². The molecule has 3 heteroatoms. The second-order valence-corrected chi connectivity index (χ2v) is 5.21. The van der Waals surface area contributed by atoms with E-state index in [0.717, 1.165) is 19.0 Å². The van der Waals surface area contributed by atoms with Gasteiger partial charge in [-0.3, -0.25) is 9.80 Å². The van der Waals surface area contributed by atoms with Crippen LogP contribution >= 0.6 is 0 Å².